The van der Waals surface area contributed by atoms with Crippen molar-refractivity contribution in [2.24, 2.45) is 0 Å². The first-order valence-electron chi connectivity index (χ1n) is 6.90. The molecule has 0 atom stereocenters. The fraction of sp³-hybridized carbons (Fsp3) is 0.600. The van der Waals surface area contributed by atoms with Gasteiger partial charge >= 0.3 is 0 Å². The van der Waals surface area contributed by atoms with E-state index in [0.717, 1.165) is 6.54 Å². The smallest absolute Gasteiger partial charge is 0.0379 e. The Morgan fingerprint density at radius 2 is 1.94 bits per heavy atom. The average molecular weight is 267 g/mol. The van der Waals surface area contributed by atoms with Crippen LogP contribution in [-0.2, 0) is 5.41 Å². The molecule has 100 valence electrons. The van der Waals surface area contributed by atoms with Crippen LogP contribution in [-0.4, -0.2) is 31.1 Å². The Bertz CT molecular complexity index is 397. The van der Waals surface area contributed by atoms with Crippen molar-refractivity contribution in [3.8, 4) is 0 Å². The highest BCUT2D eigenvalue weighted by Gasteiger charge is 2.40. The van der Waals surface area contributed by atoms with Crippen LogP contribution in [0.25, 0.3) is 0 Å². The second kappa shape index (κ2) is 5.50. The van der Waals surface area contributed by atoms with Crippen LogP contribution in [0.2, 0.25) is 0 Å². The summed E-state index contributed by atoms with van der Waals surface area (Å²) in [6.07, 6.45) is 3.91. The molecular formula is C15H23ClN2. The molecule has 3 rings (SSSR count). The van der Waals surface area contributed by atoms with Crippen molar-refractivity contribution < 1.29 is 0 Å². The van der Waals surface area contributed by atoms with E-state index in [2.05, 4.69) is 41.4 Å². The first kappa shape index (κ1) is 13.7. The van der Waals surface area contributed by atoms with Gasteiger partial charge in [-0.3, -0.25) is 0 Å². The molecule has 2 aliphatic heterocycles. The van der Waals surface area contributed by atoms with Gasteiger partial charge in [-0.2, -0.15) is 0 Å². The zero-order valence-electron chi connectivity index (χ0n) is 11.1. The van der Waals surface area contributed by atoms with Gasteiger partial charge in [0.05, 0.1) is 0 Å². The van der Waals surface area contributed by atoms with E-state index >= 15 is 0 Å². The lowest BCUT2D eigenvalue weighted by molar-refractivity contribution is 0.169. The number of nitrogens with zero attached hydrogens (tertiary/aromatic N) is 1. The normalized spacial score (nSPS) is 21.2. The number of hydrogen-bond donors (Lipinski definition) is 1. The molecule has 1 spiro atoms. The molecule has 18 heavy (non-hydrogen) atoms. The number of hydrogen-bond acceptors (Lipinski definition) is 2. The number of benzene rings is 1. The molecule has 0 bridgehead atoms. The van der Waals surface area contributed by atoms with Crippen molar-refractivity contribution in [2.45, 2.75) is 31.6 Å². The Morgan fingerprint density at radius 1 is 1.22 bits per heavy atom. The number of piperidine rings is 1. The molecule has 0 unspecified atom stereocenters. The number of nitrogens with one attached hydrogen (secondary N) is 1. The van der Waals surface area contributed by atoms with E-state index in [1.54, 1.807) is 5.56 Å². The van der Waals surface area contributed by atoms with Gasteiger partial charge in [-0.15, -0.1) is 12.4 Å². The molecular weight excluding hydrogens is 244 g/mol. The highest BCUT2D eigenvalue weighted by atomic mass is 35.5. The monoisotopic (exact) mass is 266 g/mol. The van der Waals surface area contributed by atoms with Crippen LogP contribution < -0.4 is 5.32 Å². The highest BCUT2D eigenvalue weighted by molar-refractivity contribution is 5.85. The number of rotatable bonds is 2. The van der Waals surface area contributed by atoms with Crippen LogP contribution in [0.15, 0.2) is 24.3 Å². The van der Waals surface area contributed by atoms with Crippen LogP contribution in [0.1, 0.15) is 31.7 Å². The summed E-state index contributed by atoms with van der Waals surface area (Å²) in [6.45, 7) is 7.22. The maximum atomic E-state index is 3.59. The number of anilines is 1. The van der Waals surface area contributed by atoms with E-state index in [9.17, 15) is 0 Å². The third kappa shape index (κ3) is 2.24. The van der Waals surface area contributed by atoms with Gasteiger partial charge in [-0.25, -0.2) is 0 Å². The van der Waals surface area contributed by atoms with E-state index in [-0.39, 0.29) is 12.4 Å². The van der Waals surface area contributed by atoms with Crippen LogP contribution in [0.4, 0.5) is 5.69 Å². The quantitative estimate of drug-likeness (QED) is 0.884. The standard InChI is InChI=1S/C15H22N2.ClH/c1-2-9-17-10-7-15(8-11-17)12-16-14-6-4-3-5-13(14)15;/h3-6,16H,2,7-12H2,1H3;1H. The van der Waals surface area contributed by atoms with Gasteiger partial charge in [0.25, 0.3) is 0 Å². The van der Waals surface area contributed by atoms with Crippen LogP contribution in [0, 0.1) is 0 Å². The van der Waals surface area contributed by atoms with Gasteiger partial charge in [0.2, 0.25) is 0 Å². The Hall–Kier alpha value is -0.730. The summed E-state index contributed by atoms with van der Waals surface area (Å²) in [5.74, 6) is 0. The number of halogens is 1. The molecule has 0 aromatic heterocycles. The maximum Gasteiger partial charge on any atom is 0.0379 e. The largest absolute Gasteiger partial charge is 0.384 e. The van der Waals surface area contributed by atoms with Crippen molar-refractivity contribution in [3.05, 3.63) is 29.8 Å². The fourth-order valence-corrected chi connectivity index (χ4v) is 3.43. The summed E-state index contributed by atoms with van der Waals surface area (Å²) in [5, 5.41) is 3.59. The SMILES string of the molecule is CCCN1CCC2(CC1)CNc1ccccc12.Cl. The topological polar surface area (TPSA) is 15.3 Å². The summed E-state index contributed by atoms with van der Waals surface area (Å²) in [7, 11) is 0. The number of fused-ring (bicyclic) bond motifs is 2. The predicted octanol–water partition coefficient (Wildman–Crippen LogP) is 3.28. The number of para-hydroxylation sites is 1. The molecule has 0 saturated carbocycles. The minimum absolute atomic E-state index is 0. The fourth-order valence-electron chi connectivity index (χ4n) is 3.43. The molecule has 3 heteroatoms. The van der Waals surface area contributed by atoms with Crippen molar-refractivity contribution in [1.82, 2.24) is 4.90 Å². The van der Waals surface area contributed by atoms with Crippen LogP contribution in [0.3, 0.4) is 0 Å². The minimum Gasteiger partial charge on any atom is -0.384 e. The van der Waals surface area contributed by atoms with E-state index < -0.39 is 0 Å². The first-order chi connectivity index (χ1) is 8.34. The molecule has 1 saturated heterocycles. The Labute approximate surface area is 116 Å². The summed E-state index contributed by atoms with van der Waals surface area (Å²) < 4.78 is 0. The maximum absolute atomic E-state index is 3.59. The average Bonchev–Trinajstić information content (AvgIpc) is 2.73. The summed E-state index contributed by atoms with van der Waals surface area (Å²) in [5.41, 5.74) is 3.37. The molecule has 1 fully saturated rings. The van der Waals surface area contributed by atoms with Gasteiger partial charge in [0, 0.05) is 17.6 Å². The van der Waals surface area contributed by atoms with Crippen LogP contribution >= 0.6 is 12.4 Å². The van der Waals surface area contributed by atoms with E-state index in [0.29, 0.717) is 5.41 Å². The lowest BCUT2D eigenvalue weighted by Gasteiger charge is -2.39. The lowest BCUT2D eigenvalue weighted by atomic mass is 9.74. The van der Waals surface area contributed by atoms with Crippen molar-refractivity contribution in [1.29, 1.82) is 0 Å². The van der Waals surface area contributed by atoms with Gasteiger partial charge < -0.3 is 10.2 Å². The Morgan fingerprint density at radius 3 is 2.67 bits per heavy atom. The second-order valence-electron chi connectivity index (χ2n) is 5.52. The predicted molar refractivity (Wildman–Crippen MR) is 79.8 cm³/mol. The van der Waals surface area contributed by atoms with E-state index in [4.69, 9.17) is 0 Å². The molecule has 1 aromatic rings. The van der Waals surface area contributed by atoms with Gasteiger partial charge in [-0.05, 0) is 50.5 Å². The third-order valence-corrected chi connectivity index (χ3v) is 4.47. The van der Waals surface area contributed by atoms with Gasteiger partial charge in [0.1, 0.15) is 0 Å². The molecule has 1 aromatic carbocycles. The van der Waals surface area contributed by atoms with Crippen molar-refractivity contribution in [3.63, 3.8) is 0 Å². The molecule has 0 aliphatic carbocycles. The minimum atomic E-state index is 0. The third-order valence-electron chi connectivity index (χ3n) is 4.47. The van der Waals surface area contributed by atoms with E-state index in [1.807, 2.05) is 0 Å². The zero-order valence-corrected chi connectivity index (χ0v) is 11.9. The Kier molecular flexibility index (Phi) is 4.18. The first-order valence-corrected chi connectivity index (χ1v) is 6.90. The Balaban J connectivity index is 0.00000120. The van der Waals surface area contributed by atoms with Crippen molar-refractivity contribution >= 4 is 18.1 Å². The van der Waals surface area contributed by atoms with Gasteiger partial charge in [0.15, 0.2) is 0 Å². The lowest BCUT2D eigenvalue weighted by Crippen LogP contribution is -2.43. The van der Waals surface area contributed by atoms with Crippen molar-refractivity contribution in [2.75, 3.05) is 31.5 Å². The summed E-state index contributed by atoms with van der Waals surface area (Å²) in [4.78, 5) is 2.62. The molecule has 2 aliphatic rings. The van der Waals surface area contributed by atoms with Gasteiger partial charge in [-0.1, -0.05) is 25.1 Å². The molecule has 2 nitrogen and oxygen atoms in total. The molecule has 0 radical (unpaired) electrons. The van der Waals surface area contributed by atoms with Crippen LogP contribution in [0.5, 0.6) is 0 Å². The summed E-state index contributed by atoms with van der Waals surface area (Å²) >= 11 is 0. The molecule has 1 N–H and O–H groups in total. The summed E-state index contributed by atoms with van der Waals surface area (Å²) in [6, 6.07) is 8.87. The molecule has 2 heterocycles. The highest BCUT2D eigenvalue weighted by Crippen LogP contribution is 2.43. The van der Waals surface area contributed by atoms with E-state index in [1.165, 1.54) is 44.6 Å². The molecule has 0 amide bonds. The zero-order chi connectivity index (χ0) is 11.7. The second-order valence-corrected chi connectivity index (χ2v) is 5.52. The number of likely N-dealkylation sites (tertiary alicyclic amines) is 1.